The predicted octanol–water partition coefficient (Wildman–Crippen LogP) is 5.33. The molecular formula is C20H19ClN2O2S. The Bertz CT molecular complexity index is 893. The molecule has 1 saturated heterocycles. The van der Waals surface area contributed by atoms with Crippen LogP contribution in [0.4, 0.5) is 5.69 Å². The number of halogens is 1. The van der Waals surface area contributed by atoms with Gasteiger partial charge in [0.15, 0.2) is 5.17 Å². The number of nitrogens with one attached hydrogen (secondary N) is 1. The van der Waals surface area contributed by atoms with Gasteiger partial charge in [0.25, 0.3) is 5.91 Å². The molecule has 0 aliphatic carbocycles. The second-order valence-corrected chi connectivity index (χ2v) is 7.19. The highest BCUT2D eigenvalue weighted by Gasteiger charge is 2.24. The van der Waals surface area contributed by atoms with Crippen molar-refractivity contribution in [2.45, 2.75) is 20.3 Å². The van der Waals surface area contributed by atoms with E-state index in [-0.39, 0.29) is 5.91 Å². The predicted molar refractivity (Wildman–Crippen MR) is 109 cm³/mol. The normalized spacial score (nSPS) is 17.0. The zero-order chi connectivity index (χ0) is 18.5. The zero-order valence-corrected chi connectivity index (χ0v) is 16.2. The molecule has 1 N–H and O–H groups in total. The third-order valence-corrected chi connectivity index (χ3v) is 5.10. The van der Waals surface area contributed by atoms with Crippen LogP contribution >= 0.6 is 23.4 Å². The van der Waals surface area contributed by atoms with Crippen LogP contribution in [0.2, 0.25) is 5.02 Å². The van der Waals surface area contributed by atoms with Gasteiger partial charge in [-0.25, -0.2) is 4.99 Å². The summed E-state index contributed by atoms with van der Waals surface area (Å²) in [7, 11) is 0. The molecule has 0 radical (unpaired) electrons. The highest BCUT2D eigenvalue weighted by molar-refractivity contribution is 8.18. The van der Waals surface area contributed by atoms with E-state index in [1.54, 1.807) is 0 Å². The van der Waals surface area contributed by atoms with Gasteiger partial charge in [0.2, 0.25) is 0 Å². The molecule has 1 heterocycles. The van der Waals surface area contributed by atoms with Gasteiger partial charge < -0.3 is 10.1 Å². The Labute approximate surface area is 162 Å². The van der Waals surface area contributed by atoms with Crippen molar-refractivity contribution in [2.75, 3.05) is 6.61 Å². The molecule has 0 atom stereocenters. The number of hydrogen-bond acceptors (Lipinski definition) is 4. The molecule has 0 spiro atoms. The molecule has 1 fully saturated rings. The second kappa shape index (κ2) is 8.43. The summed E-state index contributed by atoms with van der Waals surface area (Å²) in [6, 6.07) is 13.2. The minimum atomic E-state index is -0.168. The fraction of sp³-hybridized carbons (Fsp3) is 0.200. The first-order chi connectivity index (χ1) is 12.6. The first-order valence-corrected chi connectivity index (χ1v) is 9.54. The molecule has 0 aromatic heterocycles. The van der Waals surface area contributed by atoms with Crippen molar-refractivity contribution >= 4 is 46.2 Å². The minimum absolute atomic E-state index is 0.168. The van der Waals surface area contributed by atoms with Crippen LogP contribution < -0.4 is 10.1 Å². The van der Waals surface area contributed by atoms with Crippen LogP contribution in [0.25, 0.3) is 6.08 Å². The van der Waals surface area contributed by atoms with Crippen molar-refractivity contribution in [3.63, 3.8) is 0 Å². The Balaban J connectivity index is 1.85. The number of para-hydroxylation sites is 1. The minimum Gasteiger partial charge on any atom is -0.493 e. The van der Waals surface area contributed by atoms with E-state index in [4.69, 9.17) is 16.3 Å². The van der Waals surface area contributed by atoms with E-state index in [9.17, 15) is 4.79 Å². The summed E-state index contributed by atoms with van der Waals surface area (Å²) < 4.78 is 5.75. The number of amides is 1. The Morgan fingerprint density at radius 1 is 1.23 bits per heavy atom. The van der Waals surface area contributed by atoms with Crippen LogP contribution in [0.15, 0.2) is 52.4 Å². The summed E-state index contributed by atoms with van der Waals surface area (Å²) in [5, 5.41) is 4.00. The van der Waals surface area contributed by atoms with Gasteiger partial charge in [-0.1, -0.05) is 42.8 Å². The molecule has 0 saturated carbocycles. The number of ether oxygens (including phenoxy) is 1. The maximum Gasteiger partial charge on any atom is 0.264 e. The molecule has 1 aliphatic rings. The summed E-state index contributed by atoms with van der Waals surface area (Å²) in [4.78, 5) is 17.4. The average molecular weight is 387 g/mol. The molecule has 2 aromatic carbocycles. The maximum absolute atomic E-state index is 12.3. The number of benzene rings is 2. The Hall–Kier alpha value is -2.24. The van der Waals surface area contributed by atoms with Gasteiger partial charge in [-0.2, -0.15) is 0 Å². The van der Waals surface area contributed by atoms with E-state index < -0.39 is 0 Å². The van der Waals surface area contributed by atoms with Crippen LogP contribution in [0.5, 0.6) is 5.75 Å². The Morgan fingerprint density at radius 3 is 2.85 bits per heavy atom. The lowest BCUT2D eigenvalue weighted by Crippen LogP contribution is -2.19. The number of nitrogens with zero attached hydrogens (tertiary/aromatic N) is 1. The van der Waals surface area contributed by atoms with Gasteiger partial charge in [0.1, 0.15) is 5.75 Å². The molecule has 26 heavy (non-hydrogen) atoms. The third-order valence-electron chi connectivity index (χ3n) is 3.78. The van der Waals surface area contributed by atoms with Crippen molar-refractivity contribution in [2.24, 2.45) is 4.99 Å². The number of thioether (sulfide) groups is 1. The second-order valence-electron chi connectivity index (χ2n) is 5.75. The van der Waals surface area contributed by atoms with E-state index >= 15 is 0 Å². The largest absolute Gasteiger partial charge is 0.493 e. The number of carbonyl (C=O) groups excluding carboxylic acids is 1. The van der Waals surface area contributed by atoms with Crippen molar-refractivity contribution in [3.05, 3.63) is 63.5 Å². The quantitative estimate of drug-likeness (QED) is 0.706. The molecule has 0 bridgehead atoms. The lowest BCUT2D eigenvalue weighted by atomic mass is 10.2. The van der Waals surface area contributed by atoms with Crippen molar-refractivity contribution in [1.29, 1.82) is 0 Å². The highest BCUT2D eigenvalue weighted by atomic mass is 35.5. The van der Waals surface area contributed by atoms with Gasteiger partial charge in [-0.15, -0.1) is 0 Å². The Morgan fingerprint density at radius 2 is 2.04 bits per heavy atom. The van der Waals surface area contributed by atoms with Crippen LogP contribution in [-0.2, 0) is 4.79 Å². The smallest absolute Gasteiger partial charge is 0.264 e. The first-order valence-electron chi connectivity index (χ1n) is 8.35. The Kier molecular flexibility index (Phi) is 6.01. The molecular weight excluding hydrogens is 368 g/mol. The van der Waals surface area contributed by atoms with E-state index in [2.05, 4.69) is 17.2 Å². The molecule has 1 aliphatic heterocycles. The third kappa shape index (κ3) is 4.29. The number of carbonyl (C=O) groups is 1. The van der Waals surface area contributed by atoms with Gasteiger partial charge >= 0.3 is 0 Å². The number of rotatable bonds is 5. The van der Waals surface area contributed by atoms with Gasteiger partial charge in [0, 0.05) is 10.6 Å². The summed E-state index contributed by atoms with van der Waals surface area (Å²) in [6.45, 7) is 4.60. The average Bonchev–Trinajstić information content (AvgIpc) is 2.97. The standard InChI is InChI=1S/C20H19ClN2O2S/c1-3-11-25-17-10-5-4-7-14(17)12-18-19(24)23-20(26-18)22-16-9-6-8-15(21)13(16)2/h4-10,12H,3,11H2,1-2H3,(H,22,23,24). The number of hydrogen-bond donors (Lipinski definition) is 1. The molecule has 3 rings (SSSR count). The zero-order valence-electron chi connectivity index (χ0n) is 14.6. The fourth-order valence-electron chi connectivity index (χ4n) is 2.39. The SMILES string of the molecule is CCCOc1ccccc1C=C1SC(=Nc2cccc(Cl)c2C)NC1=O. The molecule has 134 valence electrons. The molecule has 6 heteroatoms. The van der Waals surface area contributed by atoms with E-state index in [1.807, 2.05) is 55.5 Å². The fourth-order valence-corrected chi connectivity index (χ4v) is 3.39. The van der Waals surface area contributed by atoms with Crippen molar-refractivity contribution < 1.29 is 9.53 Å². The maximum atomic E-state index is 12.3. The molecule has 4 nitrogen and oxygen atoms in total. The van der Waals surface area contributed by atoms with Gasteiger partial charge in [0.05, 0.1) is 17.2 Å². The van der Waals surface area contributed by atoms with E-state index in [1.165, 1.54) is 11.8 Å². The van der Waals surface area contributed by atoms with Crippen LogP contribution in [0.3, 0.4) is 0 Å². The molecule has 0 unspecified atom stereocenters. The summed E-state index contributed by atoms with van der Waals surface area (Å²) in [5.74, 6) is 0.602. The summed E-state index contributed by atoms with van der Waals surface area (Å²) in [6.07, 6.45) is 2.76. The topological polar surface area (TPSA) is 50.7 Å². The summed E-state index contributed by atoms with van der Waals surface area (Å²) in [5.41, 5.74) is 2.50. The monoisotopic (exact) mass is 386 g/mol. The number of aliphatic imine (C=N–C) groups is 1. The highest BCUT2D eigenvalue weighted by Crippen LogP contribution is 2.32. The lowest BCUT2D eigenvalue weighted by Gasteiger charge is -2.07. The number of amidine groups is 1. The van der Waals surface area contributed by atoms with Gasteiger partial charge in [-0.3, -0.25) is 4.79 Å². The van der Waals surface area contributed by atoms with Crippen LogP contribution in [0, 0.1) is 6.92 Å². The van der Waals surface area contributed by atoms with Crippen LogP contribution in [0.1, 0.15) is 24.5 Å². The van der Waals surface area contributed by atoms with Crippen LogP contribution in [-0.4, -0.2) is 17.7 Å². The summed E-state index contributed by atoms with van der Waals surface area (Å²) >= 11 is 7.44. The molecule has 1 amide bonds. The molecule has 2 aromatic rings. The van der Waals surface area contributed by atoms with Crippen molar-refractivity contribution in [3.8, 4) is 5.75 Å². The van der Waals surface area contributed by atoms with Gasteiger partial charge in [-0.05, 0) is 54.9 Å². The first kappa shape index (κ1) is 18.5. The van der Waals surface area contributed by atoms with E-state index in [0.717, 1.165) is 29.0 Å². The van der Waals surface area contributed by atoms with Crippen molar-refractivity contribution in [1.82, 2.24) is 5.32 Å². The van der Waals surface area contributed by atoms with E-state index in [0.29, 0.717) is 21.7 Å². The lowest BCUT2D eigenvalue weighted by molar-refractivity contribution is -0.115.